The molecular weight excluding hydrogens is 273 g/mol. The number of nitrogens with zero attached hydrogens (tertiary/aromatic N) is 1. The van der Waals surface area contributed by atoms with Gasteiger partial charge in [0.2, 0.25) is 0 Å². The number of ether oxygens (including phenoxy) is 1. The summed E-state index contributed by atoms with van der Waals surface area (Å²) < 4.78 is 5.23. The van der Waals surface area contributed by atoms with Crippen molar-refractivity contribution in [3.05, 3.63) is 20.8 Å². The van der Waals surface area contributed by atoms with Gasteiger partial charge in [-0.15, -0.1) is 11.3 Å². The second kappa shape index (κ2) is 7.09. The van der Waals surface area contributed by atoms with E-state index in [-0.39, 0.29) is 34.4 Å². The van der Waals surface area contributed by atoms with Crippen LogP contribution in [0.25, 0.3) is 0 Å². The SMILES string of the molecule is O=C([O-])c1scc(CN2CCOCC2)c1Cl.[Na+]. The van der Waals surface area contributed by atoms with Crippen molar-refractivity contribution in [3.8, 4) is 0 Å². The van der Waals surface area contributed by atoms with Crippen LogP contribution in [0.5, 0.6) is 0 Å². The molecule has 0 N–H and O–H groups in total. The molecule has 1 fully saturated rings. The van der Waals surface area contributed by atoms with Gasteiger partial charge in [0.15, 0.2) is 0 Å². The molecule has 0 atom stereocenters. The van der Waals surface area contributed by atoms with Crippen LogP contribution in [-0.2, 0) is 11.3 Å². The number of rotatable bonds is 3. The first-order valence-corrected chi connectivity index (χ1v) is 6.21. The summed E-state index contributed by atoms with van der Waals surface area (Å²) in [6.07, 6.45) is 0. The summed E-state index contributed by atoms with van der Waals surface area (Å²) in [5.41, 5.74) is 0.854. The van der Waals surface area contributed by atoms with Crippen molar-refractivity contribution in [1.82, 2.24) is 4.90 Å². The van der Waals surface area contributed by atoms with Crippen molar-refractivity contribution in [2.75, 3.05) is 26.3 Å². The number of halogens is 1. The van der Waals surface area contributed by atoms with Gasteiger partial charge in [0.05, 0.1) is 29.1 Å². The molecular formula is C10H11ClNNaO3S. The molecule has 2 rings (SSSR count). The van der Waals surface area contributed by atoms with Crippen LogP contribution in [0.4, 0.5) is 0 Å². The van der Waals surface area contributed by atoms with Gasteiger partial charge in [-0.3, -0.25) is 4.90 Å². The summed E-state index contributed by atoms with van der Waals surface area (Å²) >= 11 is 7.09. The van der Waals surface area contributed by atoms with Gasteiger partial charge in [-0.25, -0.2) is 0 Å². The number of carboxylic acid groups (broad SMARTS) is 1. The van der Waals surface area contributed by atoms with E-state index in [1.807, 2.05) is 0 Å². The second-order valence-corrected chi connectivity index (χ2v) is 4.84. The molecule has 0 aromatic carbocycles. The molecule has 0 spiro atoms. The molecule has 1 saturated heterocycles. The van der Waals surface area contributed by atoms with Crippen LogP contribution >= 0.6 is 22.9 Å². The first kappa shape index (κ1) is 15.4. The second-order valence-electron chi connectivity index (χ2n) is 3.58. The zero-order valence-corrected chi connectivity index (χ0v) is 13.1. The van der Waals surface area contributed by atoms with Gasteiger partial charge in [0, 0.05) is 19.6 Å². The number of thiophene rings is 1. The molecule has 17 heavy (non-hydrogen) atoms. The van der Waals surface area contributed by atoms with Gasteiger partial charge in [0.25, 0.3) is 0 Å². The minimum absolute atomic E-state index is 0. The Hall–Kier alpha value is 0.380. The average molecular weight is 284 g/mol. The van der Waals surface area contributed by atoms with Crippen molar-refractivity contribution < 1.29 is 44.2 Å². The molecule has 7 heteroatoms. The van der Waals surface area contributed by atoms with Crippen molar-refractivity contribution >= 4 is 28.9 Å². The fourth-order valence-corrected chi connectivity index (χ4v) is 2.80. The van der Waals surface area contributed by atoms with Crippen molar-refractivity contribution in [2.45, 2.75) is 6.54 Å². The summed E-state index contributed by atoms with van der Waals surface area (Å²) in [4.78, 5) is 13.0. The minimum atomic E-state index is -1.21. The van der Waals surface area contributed by atoms with Gasteiger partial charge in [-0.2, -0.15) is 0 Å². The van der Waals surface area contributed by atoms with Crippen molar-refractivity contribution in [3.63, 3.8) is 0 Å². The van der Waals surface area contributed by atoms with E-state index in [1.165, 1.54) is 0 Å². The quantitative estimate of drug-likeness (QED) is 0.581. The van der Waals surface area contributed by atoms with E-state index in [2.05, 4.69) is 4.90 Å². The topological polar surface area (TPSA) is 52.6 Å². The number of carbonyl (C=O) groups is 1. The van der Waals surface area contributed by atoms with E-state index in [0.717, 1.165) is 43.2 Å². The Kier molecular flexibility index (Phi) is 6.44. The summed E-state index contributed by atoms with van der Waals surface area (Å²) in [5.74, 6) is -1.21. The Morgan fingerprint density at radius 3 is 2.71 bits per heavy atom. The third kappa shape index (κ3) is 3.92. The Morgan fingerprint density at radius 2 is 2.18 bits per heavy atom. The van der Waals surface area contributed by atoms with Crippen LogP contribution in [0.1, 0.15) is 15.2 Å². The number of morpholine rings is 1. The standard InChI is InChI=1S/C10H12ClNO3S.Na/c11-8-7(6-16-9(8)10(13)14)5-12-1-3-15-4-2-12;/h6H,1-5H2,(H,13,14);/q;+1/p-1. The Bertz CT molecular complexity index is 393. The number of hydrogen-bond acceptors (Lipinski definition) is 5. The predicted molar refractivity (Wildman–Crippen MR) is 59.8 cm³/mol. The summed E-state index contributed by atoms with van der Waals surface area (Å²) in [5, 5.41) is 12.8. The van der Waals surface area contributed by atoms with Crippen molar-refractivity contribution in [2.24, 2.45) is 0 Å². The van der Waals surface area contributed by atoms with Crippen LogP contribution < -0.4 is 34.7 Å². The molecule has 1 aromatic rings. The molecule has 88 valence electrons. The molecule has 2 heterocycles. The van der Waals surface area contributed by atoms with E-state index >= 15 is 0 Å². The third-order valence-corrected chi connectivity index (χ3v) is 4.04. The van der Waals surface area contributed by atoms with Gasteiger partial charge in [-0.1, -0.05) is 11.6 Å². The average Bonchev–Trinajstić information content (AvgIpc) is 2.62. The molecule has 1 aliphatic rings. The van der Waals surface area contributed by atoms with E-state index in [1.54, 1.807) is 5.38 Å². The zero-order chi connectivity index (χ0) is 11.5. The maximum absolute atomic E-state index is 10.7. The third-order valence-electron chi connectivity index (χ3n) is 2.48. The van der Waals surface area contributed by atoms with Gasteiger partial charge in [0.1, 0.15) is 0 Å². The normalized spacial score (nSPS) is 16.5. The zero-order valence-electron chi connectivity index (χ0n) is 9.57. The van der Waals surface area contributed by atoms with E-state index in [9.17, 15) is 9.90 Å². The first-order chi connectivity index (χ1) is 7.68. The molecule has 0 radical (unpaired) electrons. The number of aromatic carboxylic acids is 1. The van der Waals surface area contributed by atoms with Crippen LogP contribution in [0.15, 0.2) is 5.38 Å². The number of hydrogen-bond donors (Lipinski definition) is 0. The Morgan fingerprint density at radius 1 is 1.53 bits per heavy atom. The maximum atomic E-state index is 10.7. The summed E-state index contributed by atoms with van der Waals surface area (Å²) in [6.45, 7) is 3.82. The monoisotopic (exact) mass is 283 g/mol. The molecule has 1 aromatic heterocycles. The van der Waals surface area contributed by atoms with E-state index in [0.29, 0.717) is 11.6 Å². The Labute approximate surface area is 131 Å². The fraction of sp³-hybridized carbons (Fsp3) is 0.500. The molecule has 0 aliphatic carbocycles. The Balaban J connectivity index is 0.00000144. The summed E-state index contributed by atoms with van der Waals surface area (Å²) in [6, 6.07) is 0. The van der Waals surface area contributed by atoms with Crippen molar-refractivity contribution in [1.29, 1.82) is 0 Å². The number of carbonyl (C=O) groups excluding carboxylic acids is 1. The van der Waals surface area contributed by atoms with E-state index in [4.69, 9.17) is 16.3 Å². The summed E-state index contributed by atoms with van der Waals surface area (Å²) in [7, 11) is 0. The fourth-order valence-electron chi connectivity index (χ4n) is 1.62. The largest absolute Gasteiger partial charge is 1.00 e. The van der Waals surface area contributed by atoms with Crippen LogP contribution in [0, 0.1) is 0 Å². The van der Waals surface area contributed by atoms with E-state index < -0.39 is 5.97 Å². The van der Waals surface area contributed by atoms with Gasteiger partial charge in [-0.05, 0) is 10.9 Å². The molecule has 4 nitrogen and oxygen atoms in total. The molecule has 0 unspecified atom stereocenters. The van der Waals surface area contributed by atoms with Crippen LogP contribution in [0.3, 0.4) is 0 Å². The first-order valence-electron chi connectivity index (χ1n) is 4.96. The van der Waals surface area contributed by atoms with Gasteiger partial charge >= 0.3 is 29.6 Å². The number of carboxylic acids is 1. The smallest absolute Gasteiger partial charge is 0.544 e. The predicted octanol–water partition coefficient (Wildman–Crippen LogP) is -2.40. The van der Waals surface area contributed by atoms with Crippen LogP contribution in [-0.4, -0.2) is 37.2 Å². The van der Waals surface area contributed by atoms with Gasteiger partial charge < -0.3 is 14.6 Å². The maximum Gasteiger partial charge on any atom is 1.00 e. The minimum Gasteiger partial charge on any atom is -0.544 e. The molecule has 0 saturated carbocycles. The molecule has 1 aliphatic heterocycles. The van der Waals surface area contributed by atoms with Crippen LogP contribution in [0.2, 0.25) is 5.02 Å². The molecule has 0 bridgehead atoms. The molecule has 0 amide bonds.